The van der Waals surface area contributed by atoms with Gasteiger partial charge in [-0.05, 0) is 73.1 Å². The lowest BCUT2D eigenvalue weighted by Crippen LogP contribution is -2.42. The third-order valence-corrected chi connectivity index (χ3v) is 11.8. The number of aromatic nitrogens is 1. The summed E-state index contributed by atoms with van der Waals surface area (Å²) >= 11 is 6.30. The molecule has 2 saturated carbocycles. The number of carbonyl (C=O) groups excluding carboxylic acids is 3. The maximum absolute atomic E-state index is 13.9. The predicted molar refractivity (Wildman–Crippen MR) is 154 cm³/mol. The predicted octanol–water partition coefficient (Wildman–Crippen LogP) is 4.82. The summed E-state index contributed by atoms with van der Waals surface area (Å²) in [5, 5.41) is 0.949. The first-order valence-electron chi connectivity index (χ1n) is 13.3. The molecule has 2 aromatic carbocycles. The zero-order chi connectivity index (χ0) is 27.7. The van der Waals surface area contributed by atoms with Crippen molar-refractivity contribution >= 4 is 62.5 Å². The van der Waals surface area contributed by atoms with Crippen LogP contribution in [0.5, 0.6) is 5.75 Å². The number of amides is 2. The zero-order valence-corrected chi connectivity index (χ0v) is 24.6. The summed E-state index contributed by atoms with van der Waals surface area (Å²) < 4.78 is 11.6. The first kappa shape index (κ1) is 26.0. The fourth-order valence-electron chi connectivity index (χ4n) is 7.38. The standard InChI is InChI=1S/C29H25BrN2O6S2/c1-2-37-19(33)12-38-16-5-3-4-13(10-16)20-21-17-11-18(24(21)39-26-25(20)40-29(36)31-26)23-22(17)27(34)32(28(23)35)15-8-6-14(30)7-9-15/h3-10,17-18,20-24H,2,11-12H2,1H3,(H,31,36)/t17-,18-,20+,21-,22+,23+,24-/m1/s1. The van der Waals surface area contributed by atoms with E-state index in [0.29, 0.717) is 11.4 Å². The minimum atomic E-state index is -0.438. The van der Waals surface area contributed by atoms with E-state index in [1.54, 1.807) is 36.9 Å². The molecule has 7 atom stereocenters. The lowest BCUT2D eigenvalue weighted by Gasteiger charge is -2.43. The third-order valence-electron chi connectivity index (χ3n) is 8.69. The highest BCUT2D eigenvalue weighted by atomic mass is 79.9. The van der Waals surface area contributed by atoms with Crippen molar-refractivity contribution < 1.29 is 23.9 Å². The average Bonchev–Trinajstić information content (AvgIpc) is 3.67. The molecule has 40 heavy (non-hydrogen) atoms. The first-order chi connectivity index (χ1) is 19.4. The maximum atomic E-state index is 13.9. The van der Waals surface area contributed by atoms with Gasteiger partial charge in [0.1, 0.15) is 5.75 Å². The molecule has 3 fully saturated rings. The van der Waals surface area contributed by atoms with Crippen LogP contribution >= 0.6 is 39.0 Å². The molecule has 2 bridgehead atoms. The lowest BCUT2D eigenvalue weighted by atomic mass is 9.68. The van der Waals surface area contributed by atoms with Crippen LogP contribution in [0.15, 0.2) is 62.8 Å². The molecule has 4 aliphatic rings. The number of hydrogen-bond acceptors (Lipinski definition) is 8. The molecule has 3 heterocycles. The number of rotatable bonds is 6. The van der Waals surface area contributed by atoms with Gasteiger partial charge < -0.3 is 14.5 Å². The summed E-state index contributed by atoms with van der Waals surface area (Å²) in [6.45, 7) is 1.84. The molecule has 1 aromatic heterocycles. The Balaban J connectivity index is 1.25. The number of anilines is 1. The molecule has 0 spiro atoms. The largest absolute Gasteiger partial charge is 0.482 e. The SMILES string of the molecule is CCOC(=O)COc1cccc([C@@H]2c3sc(=O)[nH]c3S[C@@H]3[C@@H]4C[C@@H]([C@@H]5C(=O)N(c6ccc(Br)cc6)C(=O)[C@@H]45)[C@H]23)c1. The normalized spacial score (nSPS) is 29.8. The Morgan fingerprint density at radius 2 is 1.82 bits per heavy atom. The molecule has 2 aliphatic carbocycles. The van der Waals surface area contributed by atoms with E-state index in [9.17, 15) is 19.2 Å². The number of halogens is 1. The van der Waals surface area contributed by atoms with E-state index in [2.05, 4.69) is 20.9 Å². The number of benzene rings is 2. The minimum absolute atomic E-state index is 0.0175. The third kappa shape index (κ3) is 4.00. The van der Waals surface area contributed by atoms with E-state index in [4.69, 9.17) is 9.47 Å². The molecule has 1 N–H and O–H groups in total. The number of hydrogen-bond donors (Lipinski definition) is 1. The number of aromatic amines is 1. The number of nitrogens with one attached hydrogen (secondary N) is 1. The Morgan fingerprint density at radius 3 is 2.58 bits per heavy atom. The first-order valence-corrected chi connectivity index (χ1v) is 15.8. The molecule has 1 saturated heterocycles. The van der Waals surface area contributed by atoms with Gasteiger partial charge in [0.25, 0.3) is 0 Å². The topological polar surface area (TPSA) is 106 Å². The highest BCUT2D eigenvalue weighted by Gasteiger charge is 2.69. The van der Waals surface area contributed by atoms with Gasteiger partial charge in [-0.25, -0.2) is 4.79 Å². The highest BCUT2D eigenvalue weighted by Crippen LogP contribution is 2.68. The number of nitrogens with zero attached hydrogens (tertiary/aromatic N) is 1. The second-order valence-electron chi connectivity index (χ2n) is 10.6. The molecule has 8 nitrogen and oxygen atoms in total. The number of imide groups is 1. The second kappa shape index (κ2) is 9.88. The van der Waals surface area contributed by atoms with Gasteiger partial charge >= 0.3 is 10.8 Å². The summed E-state index contributed by atoms with van der Waals surface area (Å²) in [4.78, 5) is 57.2. The van der Waals surface area contributed by atoms with Crippen molar-refractivity contribution in [2.45, 2.75) is 29.5 Å². The molecular weight excluding hydrogens is 616 g/mol. The van der Waals surface area contributed by atoms with Gasteiger partial charge in [-0.2, -0.15) is 0 Å². The van der Waals surface area contributed by atoms with Crippen LogP contribution in [0.1, 0.15) is 29.7 Å². The van der Waals surface area contributed by atoms with Gasteiger partial charge in [-0.1, -0.05) is 39.4 Å². The van der Waals surface area contributed by atoms with Crippen molar-refractivity contribution in [1.29, 1.82) is 0 Å². The van der Waals surface area contributed by atoms with Crippen molar-refractivity contribution in [3.8, 4) is 5.75 Å². The van der Waals surface area contributed by atoms with Crippen LogP contribution in [0.3, 0.4) is 0 Å². The zero-order valence-electron chi connectivity index (χ0n) is 21.4. The highest BCUT2D eigenvalue weighted by molar-refractivity contribution is 9.10. The van der Waals surface area contributed by atoms with Gasteiger partial charge in [-0.15, -0.1) is 11.8 Å². The Morgan fingerprint density at radius 1 is 1.07 bits per heavy atom. The quantitative estimate of drug-likeness (QED) is 0.304. The van der Waals surface area contributed by atoms with Crippen LogP contribution < -0.4 is 14.5 Å². The van der Waals surface area contributed by atoms with E-state index in [-0.39, 0.29) is 70.7 Å². The van der Waals surface area contributed by atoms with E-state index in [1.807, 2.05) is 30.3 Å². The number of esters is 1. The fraction of sp³-hybridized carbons (Fsp3) is 0.379. The number of H-pyrrole nitrogens is 1. The van der Waals surface area contributed by atoms with E-state index < -0.39 is 5.97 Å². The number of ether oxygens (including phenoxy) is 2. The van der Waals surface area contributed by atoms with Crippen LogP contribution in [-0.4, -0.2) is 41.2 Å². The van der Waals surface area contributed by atoms with E-state index in [1.165, 1.54) is 16.2 Å². The Hall–Kier alpha value is -2.89. The van der Waals surface area contributed by atoms with Gasteiger partial charge in [0.05, 0.1) is 29.2 Å². The van der Waals surface area contributed by atoms with Crippen molar-refractivity contribution in [2.75, 3.05) is 18.1 Å². The van der Waals surface area contributed by atoms with Gasteiger partial charge in [0.2, 0.25) is 11.8 Å². The van der Waals surface area contributed by atoms with Crippen molar-refractivity contribution in [1.82, 2.24) is 4.98 Å². The number of fused-ring (bicyclic) bond motifs is 9. The van der Waals surface area contributed by atoms with E-state index in [0.717, 1.165) is 26.4 Å². The minimum Gasteiger partial charge on any atom is -0.482 e. The maximum Gasteiger partial charge on any atom is 0.344 e. The summed E-state index contributed by atoms with van der Waals surface area (Å²) in [6, 6.07) is 14.9. The molecule has 7 rings (SSSR count). The molecular formula is C29H25BrN2O6S2. The monoisotopic (exact) mass is 640 g/mol. The van der Waals surface area contributed by atoms with Gasteiger partial charge in [0.15, 0.2) is 6.61 Å². The van der Waals surface area contributed by atoms with E-state index >= 15 is 0 Å². The van der Waals surface area contributed by atoms with Crippen LogP contribution in [0.25, 0.3) is 0 Å². The molecule has 2 amide bonds. The van der Waals surface area contributed by atoms with Gasteiger partial charge in [-0.3, -0.25) is 19.3 Å². The smallest absolute Gasteiger partial charge is 0.344 e. The molecule has 0 radical (unpaired) electrons. The van der Waals surface area contributed by atoms with Crippen molar-refractivity contribution in [3.63, 3.8) is 0 Å². The van der Waals surface area contributed by atoms with Crippen molar-refractivity contribution in [3.05, 3.63) is 73.1 Å². The number of thioether (sulfide) groups is 1. The average molecular weight is 642 g/mol. The Labute approximate surface area is 246 Å². The second-order valence-corrected chi connectivity index (χ2v) is 13.7. The number of thiazole rings is 1. The summed E-state index contributed by atoms with van der Waals surface area (Å²) in [5.74, 6) is -0.827. The fourth-order valence-corrected chi connectivity index (χ4v) is 10.5. The Bertz CT molecular complexity index is 1590. The van der Waals surface area contributed by atoms with Gasteiger partial charge in [0, 0.05) is 20.5 Å². The molecule has 2 aliphatic heterocycles. The van der Waals surface area contributed by atoms with Crippen LogP contribution in [-0.2, 0) is 19.1 Å². The molecule has 0 unspecified atom stereocenters. The summed E-state index contributed by atoms with van der Waals surface area (Å²) in [5.41, 5.74) is 1.58. The number of carbonyl (C=O) groups is 3. The van der Waals surface area contributed by atoms with Crippen LogP contribution in [0, 0.1) is 29.6 Å². The lowest BCUT2D eigenvalue weighted by molar-refractivity contribution is -0.145. The molecule has 3 aromatic rings. The molecule has 206 valence electrons. The molecule has 11 heteroatoms. The summed E-state index contributed by atoms with van der Waals surface area (Å²) in [6.07, 6.45) is 0.818. The summed E-state index contributed by atoms with van der Waals surface area (Å²) in [7, 11) is 0. The Kier molecular flexibility index (Phi) is 6.43. The van der Waals surface area contributed by atoms with Crippen LogP contribution in [0.4, 0.5) is 5.69 Å². The van der Waals surface area contributed by atoms with Crippen molar-refractivity contribution in [2.24, 2.45) is 29.6 Å². The van der Waals surface area contributed by atoms with Crippen LogP contribution in [0.2, 0.25) is 0 Å².